The quantitative estimate of drug-likeness (QED) is 0.832. The fourth-order valence-electron chi connectivity index (χ4n) is 4.68. The van der Waals surface area contributed by atoms with E-state index in [1.807, 2.05) is 59.9 Å². The average molecular weight is 410 g/mol. The maximum absolute atomic E-state index is 13.1. The highest BCUT2D eigenvalue weighted by Crippen LogP contribution is 2.52. The fraction of sp³-hybridized carbons (Fsp3) is 0.542. The zero-order chi connectivity index (χ0) is 21.8. The van der Waals surface area contributed by atoms with Gasteiger partial charge in [0.25, 0.3) is 0 Å². The second-order valence-electron chi connectivity index (χ2n) is 10.2. The molecule has 2 amide bonds. The van der Waals surface area contributed by atoms with Crippen LogP contribution in [0.5, 0.6) is 0 Å². The number of carbonyl (C=O) groups excluding carboxylic acids is 2. The van der Waals surface area contributed by atoms with Crippen molar-refractivity contribution in [3.63, 3.8) is 0 Å². The van der Waals surface area contributed by atoms with Crippen molar-refractivity contribution >= 4 is 22.8 Å². The van der Waals surface area contributed by atoms with Crippen molar-refractivity contribution in [2.24, 2.45) is 17.8 Å². The van der Waals surface area contributed by atoms with Crippen LogP contribution in [0, 0.1) is 24.7 Å². The largest absolute Gasteiger partial charge is 0.444 e. The number of aromatic nitrogens is 1. The molecule has 2 aromatic rings. The van der Waals surface area contributed by atoms with Crippen LogP contribution in [0.15, 0.2) is 30.5 Å². The van der Waals surface area contributed by atoms with Crippen LogP contribution in [-0.2, 0) is 15.1 Å². The smallest absolute Gasteiger partial charge is 0.410 e. The predicted octanol–water partition coefficient (Wildman–Crippen LogP) is 4.01. The van der Waals surface area contributed by atoms with Gasteiger partial charge in [-0.3, -0.25) is 9.78 Å². The molecular weight excluding hydrogens is 378 g/mol. The van der Waals surface area contributed by atoms with Gasteiger partial charge in [0.2, 0.25) is 5.91 Å². The van der Waals surface area contributed by atoms with E-state index in [9.17, 15) is 9.59 Å². The summed E-state index contributed by atoms with van der Waals surface area (Å²) in [6.45, 7) is 12.8. The monoisotopic (exact) mass is 409 g/mol. The lowest BCUT2D eigenvalue weighted by atomic mass is 9.90. The lowest BCUT2D eigenvalue weighted by molar-refractivity contribution is -0.125. The van der Waals surface area contributed by atoms with Crippen molar-refractivity contribution in [3.8, 4) is 0 Å². The molecule has 6 heteroatoms. The summed E-state index contributed by atoms with van der Waals surface area (Å²) in [5, 5.41) is 5.46. The van der Waals surface area contributed by atoms with Crippen LogP contribution < -0.4 is 5.32 Å². The summed E-state index contributed by atoms with van der Waals surface area (Å²) in [7, 11) is 0. The highest BCUT2D eigenvalue weighted by Gasteiger charge is 2.61. The van der Waals surface area contributed by atoms with Crippen LogP contribution in [-0.4, -0.2) is 40.6 Å². The maximum Gasteiger partial charge on any atom is 0.410 e. The summed E-state index contributed by atoms with van der Waals surface area (Å²) in [6.07, 6.45) is 1.59. The number of nitrogens with zero attached hydrogens (tertiary/aromatic N) is 2. The predicted molar refractivity (Wildman–Crippen MR) is 116 cm³/mol. The van der Waals surface area contributed by atoms with Crippen molar-refractivity contribution < 1.29 is 14.3 Å². The number of rotatable bonds is 3. The molecule has 2 aliphatic rings. The minimum atomic E-state index is -0.543. The van der Waals surface area contributed by atoms with Crippen LogP contribution in [0.3, 0.4) is 0 Å². The molecule has 160 valence electrons. The maximum atomic E-state index is 13.1. The third kappa shape index (κ3) is 3.75. The zero-order valence-electron chi connectivity index (χ0n) is 18.7. The van der Waals surface area contributed by atoms with Crippen molar-refractivity contribution in [1.82, 2.24) is 15.2 Å². The molecule has 0 spiro atoms. The molecule has 1 aromatic carbocycles. The molecule has 3 atom stereocenters. The first kappa shape index (κ1) is 20.6. The van der Waals surface area contributed by atoms with Gasteiger partial charge in [-0.05, 0) is 58.8 Å². The van der Waals surface area contributed by atoms with Crippen molar-refractivity contribution in [2.75, 3.05) is 13.1 Å². The van der Waals surface area contributed by atoms with Gasteiger partial charge in [-0.1, -0.05) is 24.3 Å². The van der Waals surface area contributed by atoms with E-state index in [-0.39, 0.29) is 29.8 Å². The molecule has 30 heavy (non-hydrogen) atoms. The van der Waals surface area contributed by atoms with Crippen molar-refractivity contribution in [2.45, 2.75) is 52.7 Å². The number of benzene rings is 1. The van der Waals surface area contributed by atoms with E-state index < -0.39 is 11.1 Å². The SMILES string of the molecule is Cc1ncc(C(C)(C)NC(=O)[C@H]2[C@@H]3CN(C(=O)OC(C)(C)C)C[C@@H]32)c2ccccc12. The highest BCUT2D eigenvalue weighted by molar-refractivity contribution is 5.89. The van der Waals surface area contributed by atoms with Gasteiger partial charge in [-0.15, -0.1) is 0 Å². The van der Waals surface area contributed by atoms with Gasteiger partial charge >= 0.3 is 6.09 Å². The second kappa shape index (κ2) is 6.96. The number of aryl methyl sites for hydroxylation is 1. The van der Waals surface area contributed by atoms with Crippen molar-refractivity contribution in [1.29, 1.82) is 0 Å². The van der Waals surface area contributed by atoms with Gasteiger partial charge in [0.1, 0.15) is 5.60 Å². The molecule has 4 rings (SSSR count). The lowest BCUT2D eigenvalue weighted by Crippen LogP contribution is -2.44. The number of hydrogen-bond acceptors (Lipinski definition) is 4. The van der Waals surface area contributed by atoms with Crippen LogP contribution in [0.1, 0.15) is 45.9 Å². The van der Waals surface area contributed by atoms with E-state index in [0.717, 1.165) is 22.0 Å². The molecule has 0 bridgehead atoms. The minimum Gasteiger partial charge on any atom is -0.444 e. The first-order chi connectivity index (χ1) is 14.0. The van der Waals surface area contributed by atoms with Crippen LogP contribution in [0.2, 0.25) is 0 Å². The minimum absolute atomic E-state index is 0.0346. The van der Waals surface area contributed by atoms with E-state index in [1.165, 1.54) is 0 Å². The molecule has 0 radical (unpaired) electrons. The lowest BCUT2D eigenvalue weighted by Gasteiger charge is -2.29. The number of pyridine rings is 1. The number of likely N-dealkylation sites (tertiary alicyclic amines) is 1. The zero-order valence-corrected chi connectivity index (χ0v) is 18.7. The standard InChI is InChI=1S/C24H31N3O3/c1-14-15-9-7-8-10-16(15)19(11-25-14)24(5,6)26-21(28)20-17-12-27(13-18(17)20)22(29)30-23(2,3)4/h7-11,17-18,20H,12-13H2,1-6H3,(H,26,28)/t17-,18+,20+. The van der Waals surface area contributed by atoms with Crippen LogP contribution >= 0.6 is 0 Å². The molecule has 6 nitrogen and oxygen atoms in total. The van der Waals surface area contributed by atoms with Gasteiger partial charge in [0.05, 0.1) is 5.54 Å². The molecule has 1 aromatic heterocycles. The highest BCUT2D eigenvalue weighted by atomic mass is 16.6. The average Bonchev–Trinajstić information content (AvgIpc) is 3.14. The Morgan fingerprint density at radius 2 is 1.67 bits per heavy atom. The Bertz CT molecular complexity index is 996. The molecule has 0 unspecified atom stereocenters. The Balaban J connectivity index is 1.43. The normalized spacial score (nSPS) is 23.3. The molecule has 2 heterocycles. The Morgan fingerprint density at radius 1 is 1.07 bits per heavy atom. The van der Waals surface area contributed by atoms with E-state index in [0.29, 0.717) is 13.1 Å². The Labute approximate surface area is 178 Å². The van der Waals surface area contributed by atoms with Gasteiger partial charge in [-0.2, -0.15) is 0 Å². The van der Waals surface area contributed by atoms with Gasteiger partial charge in [-0.25, -0.2) is 4.79 Å². The number of amides is 2. The number of nitrogens with one attached hydrogen (secondary N) is 1. The van der Waals surface area contributed by atoms with Gasteiger partial charge in [0.15, 0.2) is 0 Å². The Hall–Kier alpha value is -2.63. The van der Waals surface area contributed by atoms with Crippen LogP contribution in [0.4, 0.5) is 4.79 Å². The summed E-state index contributed by atoms with van der Waals surface area (Å²) >= 11 is 0. The summed E-state index contributed by atoms with van der Waals surface area (Å²) in [5.74, 6) is 0.471. The van der Waals surface area contributed by atoms with Crippen LogP contribution in [0.25, 0.3) is 10.8 Å². The number of piperidine rings is 1. The molecule has 1 N–H and O–H groups in total. The second-order valence-corrected chi connectivity index (χ2v) is 10.2. The number of carbonyl (C=O) groups is 2. The van der Waals surface area contributed by atoms with E-state index in [1.54, 1.807) is 4.90 Å². The van der Waals surface area contributed by atoms with E-state index >= 15 is 0 Å². The number of hydrogen-bond donors (Lipinski definition) is 1. The fourth-order valence-corrected chi connectivity index (χ4v) is 4.68. The third-order valence-electron chi connectivity index (χ3n) is 6.25. The first-order valence-corrected chi connectivity index (χ1v) is 10.6. The molecule has 1 aliphatic heterocycles. The molecule has 1 saturated carbocycles. The molecule has 1 aliphatic carbocycles. The topological polar surface area (TPSA) is 71.5 Å². The van der Waals surface area contributed by atoms with Gasteiger partial charge < -0.3 is 15.0 Å². The number of fused-ring (bicyclic) bond motifs is 2. The van der Waals surface area contributed by atoms with E-state index in [2.05, 4.69) is 22.4 Å². The summed E-state index contributed by atoms with van der Waals surface area (Å²) in [4.78, 5) is 31.6. The third-order valence-corrected chi connectivity index (χ3v) is 6.25. The Morgan fingerprint density at radius 3 is 2.27 bits per heavy atom. The first-order valence-electron chi connectivity index (χ1n) is 10.6. The summed E-state index contributed by atoms with van der Waals surface area (Å²) in [6, 6.07) is 8.17. The molecule has 1 saturated heterocycles. The molecule has 2 fully saturated rings. The molecular formula is C24H31N3O3. The summed E-state index contributed by atoms with van der Waals surface area (Å²) < 4.78 is 5.45. The summed E-state index contributed by atoms with van der Waals surface area (Å²) in [5.41, 5.74) is 0.947. The van der Waals surface area contributed by atoms with Crippen molar-refractivity contribution in [3.05, 3.63) is 41.7 Å². The Kier molecular flexibility index (Phi) is 4.79. The van der Waals surface area contributed by atoms with Gasteiger partial charge in [0, 0.05) is 41.8 Å². The number of ether oxygens (including phenoxy) is 1. The van der Waals surface area contributed by atoms with E-state index in [4.69, 9.17) is 4.74 Å².